The molecule has 2 rings (SSSR count). The SMILES string of the molecule is [2H]CC1(C)C2CCC1(C)C(=O)C2([2H])[2H]. The van der Waals surface area contributed by atoms with Crippen LogP contribution in [0.2, 0.25) is 0 Å². The first kappa shape index (κ1) is 4.64. The highest BCUT2D eigenvalue weighted by Gasteiger charge is 2.61. The Morgan fingerprint density at radius 3 is 2.82 bits per heavy atom. The lowest BCUT2D eigenvalue weighted by Gasteiger charge is -2.32. The van der Waals surface area contributed by atoms with E-state index in [1.165, 1.54) is 0 Å². The molecule has 0 aromatic rings. The minimum absolute atomic E-state index is 0.152. The van der Waals surface area contributed by atoms with Gasteiger partial charge in [0.25, 0.3) is 0 Å². The lowest BCUT2D eigenvalue weighted by molar-refractivity contribution is -0.128. The summed E-state index contributed by atoms with van der Waals surface area (Å²) in [6, 6.07) is 0. The van der Waals surface area contributed by atoms with Crippen molar-refractivity contribution in [1.29, 1.82) is 0 Å². The van der Waals surface area contributed by atoms with Crippen molar-refractivity contribution in [3.05, 3.63) is 0 Å². The summed E-state index contributed by atoms with van der Waals surface area (Å²) >= 11 is 0. The molecule has 1 nitrogen and oxygen atoms in total. The van der Waals surface area contributed by atoms with Crippen molar-refractivity contribution in [2.75, 3.05) is 0 Å². The van der Waals surface area contributed by atoms with E-state index < -0.39 is 17.2 Å². The van der Waals surface area contributed by atoms with Gasteiger partial charge < -0.3 is 0 Å². The Hall–Kier alpha value is -0.330. The molecule has 2 aliphatic carbocycles. The number of fused-ring (bicyclic) bond motifs is 2. The molecule has 0 aromatic heterocycles. The van der Waals surface area contributed by atoms with Crippen LogP contribution in [0.4, 0.5) is 0 Å². The van der Waals surface area contributed by atoms with Gasteiger partial charge in [0.2, 0.25) is 0 Å². The molecule has 62 valence electrons. The molecule has 0 saturated heterocycles. The Morgan fingerprint density at radius 1 is 1.73 bits per heavy atom. The van der Waals surface area contributed by atoms with Crippen LogP contribution in [-0.4, -0.2) is 5.78 Å². The molecule has 3 atom stereocenters. The number of hydrogen-bond acceptors (Lipinski definition) is 1. The van der Waals surface area contributed by atoms with Crippen LogP contribution in [0.3, 0.4) is 0 Å². The maximum atomic E-state index is 11.9. The number of Topliss-reactive ketones (excluding diaryl/α,β-unsaturated/α-hetero) is 1. The second-order valence-corrected chi connectivity index (χ2v) is 4.31. The molecule has 2 bridgehead atoms. The third-order valence-electron chi connectivity index (χ3n) is 3.77. The van der Waals surface area contributed by atoms with Crippen molar-refractivity contribution in [1.82, 2.24) is 0 Å². The van der Waals surface area contributed by atoms with Gasteiger partial charge in [-0.2, -0.15) is 0 Å². The Balaban J connectivity index is 2.56. The molecule has 0 spiro atoms. The maximum absolute atomic E-state index is 11.9. The van der Waals surface area contributed by atoms with Crippen molar-refractivity contribution < 1.29 is 8.91 Å². The average Bonchev–Trinajstić information content (AvgIpc) is 2.44. The largest absolute Gasteiger partial charge is 0.299 e. The highest BCUT2D eigenvalue weighted by Crippen LogP contribution is 2.63. The van der Waals surface area contributed by atoms with Crippen LogP contribution in [0.5, 0.6) is 0 Å². The van der Waals surface area contributed by atoms with Crippen LogP contribution in [0, 0.1) is 16.7 Å². The predicted molar refractivity (Wildman–Crippen MR) is 44.2 cm³/mol. The molecule has 11 heavy (non-hydrogen) atoms. The van der Waals surface area contributed by atoms with E-state index in [9.17, 15) is 4.79 Å². The monoisotopic (exact) mass is 155 g/mol. The third kappa shape index (κ3) is 0.605. The van der Waals surface area contributed by atoms with E-state index in [4.69, 9.17) is 4.11 Å². The Bertz CT molecular complexity index is 302. The third-order valence-corrected chi connectivity index (χ3v) is 3.77. The highest BCUT2D eigenvalue weighted by molar-refractivity contribution is 5.89. The summed E-state index contributed by atoms with van der Waals surface area (Å²) < 4.78 is 23.2. The Labute approximate surface area is 72.4 Å². The lowest BCUT2D eigenvalue weighted by atomic mass is 9.70. The molecule has 0 aromatic carbocycles. The molecule has 2 fully saturated rings. The van der Waals surface area contributed by atoms with Crippen molar-refractivity contribution in [2.24, 2.45) is 16.7 Å². The highest BCUT2D eigenvalue weighted by atomic mass is 16.1. The molecule has 1 heteroatoms. The van der Waals surface area contributed by atoms with Crippen LogP contribution in [0.15, 0.2) is 0 Å². The zero-order chi connectivity index (χ0) is 10.8. The second kappa shape index (κ2) is 1.70. The van der Waals surface area contributed by atoms with Gasteiger partial charge in [-0.15, -0.1) is 0 Å². The first-order valence-electron chi connectivity index (χ1n) is 5.85. The minimum Gasteiger partial charge on any atom is -0.299 e. The van der Waals surface area contributed by atoms with Gasteiger partial charge >= 0.3 is 0 Å². The summed E-state index contributed by atoms with van der Waals surface area (Å²) in [6.07, 6.45) is -0.182. The van der Waals surface area contributed by atoms with Crippen LogP contribution < -0.4 is 0 Å². The topological polar surface area (TPSA) is 17.1 Å². The molecule has 0 heterocycles. The number of carbonyl (C=O) groups is 1. The molecule has 2 saturated carbocycles. The van der Waals surface area contributed by atoms with E-state index in [0.29, 0.717) is 0 Å². The number of hydrogen-bond donors (Lipinski definition) is 0. The Kier molecular flexibility index (Phi) is 0.717. The minimum atomic E-state index is -1.69. The molecular formula is C10H16O. The number of ketones is 1. The second-order valence-electron chi connectivity index (χ2n) is 4.31. The van der Waals surface area contributed by atoms with E-state index in [2.05, 4.69) is 0 Å². The fourth-order valence-electron chi connectivity index (χ4n) is 2.34. The van der Waals surface area contributed by atoms with E-state index in [-0.39, 0.29) is 18.6 Å². The van der Waals surface area contributed by atoms with Gasteiger partial charge in [0, 0.05) is 15.9 Å². The molecule has 0 aliphatic heterocycles. The number of carbonyl (C=O) groups excluding carboxylic acids is 1. The van der Waals surface area contributed by atoms with Gasteiger partial charge in [0.05, 0.1) is 0 Å². The van der Waals surface area contributed by atoms with Crippen LogP contribution >= 0.6 is 0 Å². The molecule has 0 radical (unpaired) electrons. The van der Waals surface area contributed by atoms with E-state index in [1.807, 2.05) is 13.8 Å². The molecule has 3 unspecified atom stereocenters. The van der Waals surface area contributed by atoms with Crippen molar-refractivity contribution in [3.8, 4) is 0 Å². The molecule has 0 N–H and O–H groups in total. The summed E-state index contributed by atoms with van der Waals surface area (Å²) in [5, 5.41) is 0. The van der Waals surface area contributed by atoms with Crippen LogP contribution in [0.25, 0.3) is 0 Å². The van der Waals surface area contributed by atoms with Crippen molar-refractivity contribution in [3.63, 3.8) is 0 Å². The smallest absolute Gasteiger partial charge is 0.139 e. The zero-order valence-electron chi connectivity index (χ0n) is 10.1. The molecular weight excluding hydrogens is 136 g/mol. The van der Waals surface area contributed by atoms with Gasteiger partial charge in [-0.05, 0) is 24.2 Å². The van der Waals surface area contributed by atoms with E-state index >= 15 is 0 Å². The van der Waals surface area contributed by atoms with Gasteiger partial charge in [0.15, 0.2) is 0 Å². The van der Waals surface area contributed by atoms with Gasteiger partial charge in [0.1, 0.15) is 5.78 Å². The summed E-state index contributed by atoms with van der Waals surface area (Å²) in [4.78, 5) is 11.9. The maximum Gasteiger partial charge on any atom is 0.139 e. The van der Waals surface area contributed by atoms with Crippen LogP contribution in [0.1, 0.15) is 44.1 Å². The van der Waals surface area contributed by atoms with Crippen LogP contribution in [-0.2, 0) is 4.79 Å². The molecule has 2 aliphatic rings. The van der Waals surface area contributed by atoms with Gasteiger partial charge in [-0.3, -0.25) is 4.79 Å². The number of rotatable bonds is 0. The van der Waals surface area contributed by atoms with E-state index in [1.54, 1.807) is 0 Å². The first-order valence-corrected chi connectivity index (χ1v) is 4.15. The Morgan fingerprint density at radius 2 is 2.45 bits per heavy atom. The summed E-state index contributed by atoms with van der Waals surface area (Å²) in [7, 11) is 0. The average molecular weight is 155 g/mol. The summed E-state index contributed by atoms with van der Waals surface area (Å²) in [6.45, 7) is 3.90. The predicted octanol–water partition coefficient (Wildman–Crippen LogP) is 2.40. The van der Waals surface area contributed by atoms with E-state index in [0.717, 1.165) is 12.8 Å². The standard InChI is InChI=1S/C10H16O/c1-9(2)7-4-5-10(9,3)8(11)6-7/h7H,4-6H2,1-3H3/i1D,6D2. The normalized spacial score (nSPS) is 64.0. The summed E-state index contributed by atoms with van der Waals surface area (Å²) in [5.74, 6) is -0.513. The fourth-order valence-corrected chi connectivity index (χ4v) is 2.34. The van der Waals surface area contributed by atoms with Crippen molar-refractivity contribution in [2.45, 2.75) is 40.0 Å². The van der Waals surface area contributed by atoms with Crippen molar-refractivity contribution >= 4 is 5.78 Å². The quantitative estimate of drug-likeness (QED) is 0.525. The summed E-state index contributed by atoms with van der Waals surface area (Å²) in [5.41, 5.74) is -1.05. The zero-order valence-corrected chi connectivity index (χ0v) is 7.11. The first-order chi connectivity index (χ1) is 6.30. The van der Waals surface area contributed by atoms with Gasteiger partial charge in [-0.1, -0.05) is 20.7 Å². The fraction of sp³-hybridized carbons (Fsp3) is 0.900. The lowest BCUT2D eigenvalue weighted by Crippen LogP contribution is -2.32. The van der Waals surface area contributed by atoms with Gasteiger partial charge in [-0.25, -0.2) is 0 Å². The molecule has 0 amide bonds.